The van der Waals surface area contributed by atoms with Gasteiger partial charge < -0.3 is 10.4 Å². The molecule has 0 aliphatic carbocycles. The van der Waals surface area contributed by atoms with Crippen molar-refractivity contribution in [1.29, 1.82) is 0 Å². The minimum Gasteiger partial charge on any atom is -0.481 e. The SMILES string of the molecule is CC[C@@H](CCC(=O)O)Nc1ccccc1C(F)(F)F. The number of anilines is 1. The molecule has 0 unspecified atom stereocenters. The van der Waals surface area contributed by atoms with Crippen LogP contribution in [-0.4, -0.2) is 17.1 Å². The molecule has 1 aromatic rings. The first kappa shape index (κ1) is 15.3. The van der Waals surface area contributed by atoms with Gasteiger partial charge in [0.25, 0.3) is 0 Å². The van der Waals surface area contributed by atoms with E-state index >= 15 is 0 Å². The van der Waals surface area contributed by atoms with Crippen LogP contribution in [0.25, 0.3) is 0 Å². The standard InChI is InChI=1S/C13H16F3NO2/c1-2-9(7-8-12(18)19)17-11-6-4-3-5-10(11)13(14,15)16/h3-6,9,17H,2,7-8H2,1H3,(H,18,19)/t9-/m0/s1. The molecule has 0 amide bonds. The molecule has 0 bridgehead atoms. The van der Waals surface area contributed by atoms with E-state index in [9.17, 15) is 18.0 Å². The highest BCUT2D eigenvalue weighted by atomic mass is 19.4. The van der Waals surface area contributed by atoms with Gasteiger partial charge in [0.15, 0.2) is 0 Å². The number of rotatable bonds is 6. The second-order valence-electron chi connectivity index (χ2n) is 4.23. The Balaban J connectivity index is 2.82. The van der Waals surface area contributed by atoms with Gasteiger partial charge in [-0.25, -0.2) is 0 Å². The van der Waals surface area contributed by atoms with Crippen molar-refractivity contribution in [3.8, 4) is 0 Å². The van der Waals surface area contributed by atoms with Crippen molar-refractivity contribution in [3.05, 3.63) is 29.8 Å². The maximum absolute atomic E-state index is 12.8. The van der Waals surface area contributed by atoms with Gasteiger partial charge in [0, 0.05) is 18.2 Å². The molecule has 0 fully saturated rings. The summed E-state index contributed by atoms with van der Waals surface area (Å²) in [6.45, 7) is 1.80. The molecule has 0 aliphatic heterocycles. The quantitative estimate of drug-likeness (QED) is 0.831. The number of hydrogen-bond acceptors (Lipinski definition) is 2. The van der Waals surface area contributed by atoms with Crippen molar-refractivity contribution in [2.45, 2.75) is 38.4 Å². The highest BCUT2D eigenvalue weighted by molar-refractivity contribution is 5.66. The molecule has 106 valence electrons. The predicted octanol–water partition coefficient (Wildman–Crippen LogP) is 3.76. The number of hydrogen-bond donors (Lipinski definition) is 2. The van der Waals surface area contributed by atoms with E-state index in [1.807, 2.05) is 0 Å². The Bertz CT molecular complexity index is 432. The molecule has 0 saturated carbocycles. The highest BCUT2D eigenvalue weighted by Gasteiger charge is 2.33. The average molecular weight is 275 g/mol. The number of para-hydroxylation sites is 1. The van der Waals surface area contributed by atoms with Crippen LogP contribution in [0.15, 0.2) is 24.3 Å². The lowest BCUT2D eigenvalue weighted by Gasteiger charge is -2.20. The van der Waals surface area contributed by atoms with Crippen LogP contribution in [0, 0.1) is 0 Å². The van der Waals surface area contributed by atoms with Crippen LogP contribution in [0.4, 0.5) is 18.9 Å². The third kappa shape index (κ3) is 4.81. The summed E-state index contributed by atoms with van der Waals surface area (Å²) in [5, 5.41) is 11.4. The molecule has 0 radical (unpaired) electrons. The van der Waals surface area contributed by atoms with Gasteiger partial charge in [0.05, 0.1) is 5.56 Å². The van der Waals surface area contributed by atoms with Crippen LogP contribution in [0.5, 0.6) is 0 Å². The molecular formula is C13H16F3NO2. The third-order valence-corrected chi connectivity index (χ3v) is 2.79. The maximum atomic E-state index is 12.8. The van der Waals surface area contributed by atoms with Crippen molar-refractivity contribution < 1.29 is 23.1 Å². The summed E-state index contributed by atoms with van der Waals surface area (Å²) >= 11 is 0. The van der Waals surface area contributed by atoms with Gasteiger partial charge in [0.1, 0.15) is 0 Å². The fraction of sp³-hybridized carbons (Fsp3) is 0.462. The first-order chi connectivity index (χ1) is 8.84. The van der Waals surface area contributed by atoms with E-state index in [1.165, 1.54) is 18.2 Å². The first-order valence-corrected chi connectivity index (χ1v) is 5.99. The molecule has 2 N–H and O–H groups in total. The zero-order valence-electron chi connectivity index (χ0n) is 10.5. The molecule has 1 atom stereocenters. The number of aliphatic carboxylic acids is 1. The second-order valence-corrected chi connectivity index (χ2v) is 4.23. The van der Waals surface area contributed by atoms with Crippen LogP contribution < -0.4 is 5.32 Å². The van der Waals surface area contributed by atoms with Crippen molar-refractivity contribution in [1.82, 2.24) is 0 Å². The Hall–Kier alpha value is -1.72. The molecule has 1 aromatic carbocycles. The van der Waals surface area contributed by atoms with E-state index < -0.39 is 17.7 Å². The lowest BCUT2D eigenvalue weighted by atomic mass is 10.1. The minimum absolute atomic E-state index is 0.00719. The molecule has 1 rings (SSSR count). The van der Waals surface area contributed by atoms with Gasteiger partial charge in [-0.3, -0.25) is 4.79 Å². The predicted molar refractivity (Wildman–Crippen MR) is 66.0 cm³/mol. The zero-order chi connectivity index (χ0) is 14.5. The van der Waals surface area contributed by atoms with E-state index in [0.717, 1.165) is 6.07 Å². The molecule has 19 heavy (non-hydrogen) atoms. The Morgan fingerprint density at radius 1 is 1.37 bits per heavy atom. The summed E-state index contributed by atoms with van der Waals surface area (Å²) in [5.41, 5.74) is -0.740. The summed E-state index contributed by atoms with van der Waals surface area (Å²) in [5.74, 6) is -0.954. The fourth-order valence-corrected chi connectivity index (χ4v) is 1.75. The smallest absolute Gasteiger partial charge is 0.418 e. The Labute approximate surface area is 109 Å². The summed E-state index contributed by atoms with van der Waals surface area (Å²) in [6, 6.07) is 4.91. The highest BCUT2D eigenvalue weighted by Crippen LogP contribution is 2.35. The summed E-state index contributed by atoms with van der Waals surface area (Å²) in [6.07, 6.45) is -3.65. The summed E-state index contributed by atoms with van der Waals surface area (Å²) in [7, 11) is 0. The maximum Gasteiger partial charge on any atom is 0.418 e. The van der Waals surface area contributed by atoms with Crippen LogP contribution in [0.2, 0.25) is 0 Å². The number of halogens is 3. The topological polar surface area (TPSA) is 49.3 Å². The summed E-state index contributed by atoms with van der Waals surface area (Å²) < 4.78 is 38.3. The molecular weight excluding hydrogens is 259 g/mol. The molecule has 3 nitrogen and oxygen atoms in total. The van der Waals surface area contributed by atoms with Crippen LogP contribution >= 0.6 is 0 Å². The Kier molecular flexibility index (Phi) is 5.20. The first-order valence-electron chi connectivity index (χ1n) is 5.99. The number of nitrogens with one attached hydrogen (secondary N) is 1. The normalized spacial score (nSPS) is 13.1. The lowest BCUT2D eigenvalue weighted by Crippen LogP contribution is -2.22. The molecule has 6 heteroatoms. The Morgan fingerprint density at radius 2 is 2.00 bits per heavy atom. The fourth-order valence-electron chi connectivity index (χ4n) is 1.75. The second kappa shape index (κ2) is 6.45. The van der Waals surface area contributed by atoms with Gasteiger partial charge in [-0.1, -0.05) is 19.1 Å². The number of carboxylic acid groups (broad SMARTS) is 1. The monoisotopic (exact) mass is 275 g/mol. The number of benzene rings is 1. The summed E-state index contributed by atoms with van der Waals surface area (Å²) in [4.78, 5) is 10.5. The van der Waals surface area contributed by atoms with Gasteiger partial charge in [-0.15, -0.1) is 0 Å². The minimum atomic E-state index is -4.42. The number of carbonyl (C=O) groups is 1. The van der Waals surface area contributed by atoms with Crippen LogP contribution in [0.1, 0.15) is 31.7 Å². The van der Waals surface area contributed by atoms with Gasteiger partial charge >= 0.3 is 12.1 Å². The largest absolute Gasteiger partial charge is 0.481 e. The van der Waals surface area contributed by atoms with E-state index in [1.54, 1.807) is 6.92 Å². The molecule has 0 saturated heterocycles. The van der Waals surface area contributed by atoms with Crippen molar-refractivity contribution in [3.63, 3.8) is 0 Å². The van der Waals surface area contributed by atoms with E-state index in [0.29, 0.717) is 6.42 Å². The van der Waals surface area contributed by atoms with Crippen LogP contribution in [0.3, 0.4) is 0 Å². The van der Waals surface area contributed by atoms with Crippen LogP contribution in [-0.2, 0) is 11.0 Å². The van der Waals surface area contributed by atoms with Gasteiger partial charge in [0.2, 0.25) is 0 Å². The van der Waals surface area contributed by atoms with Crippen molar-refractivity contribution in [2.24, 2.45) is 0 Å². The van der Waals surface area contributed by atoms with Gasteiger partial charge in [-0.05, 0) is 25.0 Å². The van der Waals surface area contributed by atoms with Gasteiger partial charge in [-0.2, -0.15) is 13.2 Å². The molecule has 0 heterocycles. The zero-order valence-corrected chi connectivity index (χ0v) is 10.5. The average Bonchev–Trinajstić information content (AvgIpc) is 2.33. The number of alkyl halides is 3. The molecule has 0 aromatic heterocycles. The molecule has 0 spiro atoms. The van der Waals surface area contributed by atoms with E-state index in [2.05, 4.69) is 5.32 Å². The van der Waals surface area contributed by atoms with Crippen molar-refractivity contribution in [2.75, 3.05) is 5.32 Å². The Morgan fingerprint density at radius 3 is 2.53 bits per heavy atom. The van der Waals surface area contributed by atoms with E-state index in [4.69, 9.17) is 5.11 Å². The van der Waals surface area contributed by atoms with Crippen molar-refractivity contribution >= 4 is 11.7 Å². The number of carboxylic acids is 1. The molecule has 0 aliphatic rings. The van der Waals surface area contributed by atoms with E-state index in [-0.39, 0.29) is 24.6 Å². The lowest BCUT2D eigenvalue weighted by molar-refractivity contribution is -0.138. The third-order valence-electron chi connectivity index (χ3n) is 2.79.